The first kappa shape index (κ1) is 36.2. The van der Waals surface area contributed by atoms with Crippen molar-refractivity contribution in [3.05, 3.63) is 65.9 Å². The number of terminal acetylenes is 1. The summed E-state index contributed by atoms with van der Waals surface area (Å²) in [6.45, 7) is 4.78. The van der Waals surface area contributed by atoms with Crippen LogP contribution in [0.15, 0.2) is 48.7 Å². The summed E-state index contributed by atoms with van der Waals surface area (Å²) in [6.07, 6.45) is 13.8. The summed E-state index contributed by atoms with van der Waals surface area (Å²) in [5, 5.41) is 1.37. The third kappa shape index (κ3) is 6.65. The summed E-state index contributed by atoms with van der Waals surface area (Å²) in [5.41, 5.74) is -0.182. The number of benzene rings is 2. The minimum Gasteiger partial charge on any atom is -0.461 e. The number of likely N-dealkylation sites (tertiary alicyclic amines) is 2. The van der Waals surface area contributed by atoms with Crippen LogP contribution in [0.25, 0.3) is 32.9 Å². The molecular formula is C41H44F3N7O3. The zero-order chi connectivity index (χ0) is 37.6. The Bertz CT molecular complexity index is 2160. The number of carbonyl (C=O) groups excluding carboxylic acids is 1. The van der Waals surface area contributed by atoms with Crippen LogP contribution in [0.2, 0.25) is 0 Å². The van der Waals surface area contributed by atoms with Crippen LogP contribution in [0.3, 0.4) is 0 Å². The molecule has 1 amide bonds. The van der Waals surface area contributed by atoms with E-state index in [0.717, 1.165) is 38.9 Å². The van der Waals surface area contributed by atoms with E-state index in [1.807, 2.05) is 18.0 Å². The maximum Gasteiger partial charge on any atom is 0.319 e. The van der Waals surface area contributed by atoms with E-state index in [4.69, 9.17) is 20.9 Å². The van der Waals surface area contributed by atoms with Crippen LogP contribution in [0.4, 0.5) is 19.0 Å². The van der Waals surface area contributed by atoms with Gasteiger partial charge in [0.2, 0.25) is 5.91 Å². The smallest absolute Gasteiger partial charge is 0.319 e. The number of alkyl halides is 1. The van der Waals surface area contributed by atoms with Gasteiger partial charge in [-0.15, -0.1) is 6.42 Å². The van der Waals surface area contributed by atoms with Gasteiger partial charge in [0.1, 0.15) is 35.6 Å². The molecule has 54 heavy (non-hydrogen) atoms. The molecule has 2 aromatic carbocycles. The highest BCUT2D eigenvalue weighted by atomic mass is 19.1. The first-order valence-electron chi connectivity index (χ1n) is 18.7. The number of methoxy groups -OCH3 is 1. The highest BCUT2D eigenvalue weighted by Crippen LogP contribution is 2.41. The number of amides is 1. The number of likely N-dealkylation sites (N-methyl/N-ethyl adjacent to an activating group) is 1. The van der Waals surface area contributed by atoms with E-state index in [2.05, 4.69) is 25.7 Å². The molecule has 4 fully saturated rings. The molecule has 0 aliphatic carbocycles. The molecule has 0 spiro atoms. The average Bonchev–Trinajstić information content (AvgIpc) is 3.98. The zero-order valence-corrected chi connectivity index (χ0v) is 30.6. The summed E-state index contributed by atoms with van der Waals surface area (Å²) >= 11 is 0. The van der Waals surface area contributed by atoms with Gasteiger partial charge in [0, 0.05) is 89.1 Å². The fraction of sp³-hybridized carbons (Fsp3) is 0.463. The lowest BCUT2D eigenvalue weighted by atomic mass is 9.95. The van der Waals surface area contributed by atoms with Gasteiger partial charge in [-0.05, 0) is 43.7 Å². The number of halogens is 3. The average molecular weight is 740 g/mol. The fourth-order valence-corrected chi connectivity index (χ4v) is 8.88. The summed E-state index contributed by atoms with van der Waals surface area (Å²) in [5.74, 6) is 1.43. The standard InChI is InChI=1S/C41H44F3N7O3/c1-4-30-33(43)12-11-26-8-5-9-31(35(26)30)37-36(44)38-32(21-45-37)39(47-40(46-38)54-25-41-15-7-17-51(41)22-27(42)20-41)48(2)28-13-19-50(23-28)34(52)10-6-16-49-18-14-29(24-49)53-3/h1,5-6,8-12,21,27-29H,7,13-20,22-25H2,2-3H3/b10-6+/t27-,28-,29+,41+/m1/s1. The Kier molecular flexibility index (Phi) is 9.93. The van der Waals surface area contributed by atoms with Crippen LogP contribution < -0.4 is 9.64 Å². The fourth-order valence-electron chi connectivity index (χ4n) is 8.88. The Hall–Kier alpha value is -4.77. The second-order valence-electron chi connectivity index (χ2n) is 15.0. The first-order valence-corrected chi connectivity index (χ1v) is 18.7. The number of carbonyl (C=O) groups is 1. The van der Waals surface area contributed by atoms with Gasteiger partial charge in [-0.25, -0.2) is 13.2 Å². The SMILES string of the molecule is C#Cc1c(F)ccc2cccc(-c3ncc4c(N(C)[C@@H]5CCN(C(=O)/C=C/CN6CC[C@H](OC)C6)C5)nc(OC[C@@]56CCCN5C[C@H](F)C6)nc4c3F)c12. The maximum absolute atomic E-state index is 17.0. The highest BCUT2D eigenvalue weighted by Gasteiger charge is 2.49. The van der Waals surface area contributed by atoms with Crippen molar-refractivity contribution in [2.75, 3.05) is 71.5 Å². The van der Waals surface area contributed by atoms with Gasteiger partial charge in [0.25, 0.3) is 0 Å². The van der Waals surface area contributed by atoms with Crippen molar-refractivity contribution in [1.29, 1.82) is 0 Å². The molecule has 8 rings (SSSR count). The van der Waals surface area contributed by atoms with Crippen LogP contribution in [-0.4, -0.2) is 126 Å². The van der Waals surface area contributed by atoms with Gasteiger partial charge in [-0.1, -0.05) is 36.3 Å². The van der Waals surface area contributed by atoms with E-state index in [9.17, 15) is 13.6 Å². The van der Waals surface area contributed by atoms with E-state index in [1.54, 1.807) is 42.4 Å². The summed E-state index contributed by atoms with van der Waals surface area (Å²) in [4.78, 5) is 35.3. The number of fused-ring (bicyclic) bond motifs is 3. The Labute approximate surface area is 312 Å². The monoisotopic (exact) mass is 739 g/mol. The number of anilines is 1. The van der Waals surface area contributed by atoms with Crippen LogP contribution >= 0.6 is 0 Å². The van der Waals surface area contributed by atoms with E-state index in [-0.39, 0.29) is 47.4 Å². The second kappa shape index (κ2) is 14.8. The molecule has 0 bridgehead atoms. The number of hydrogen-bond donors (Lipinski definition) is 0. The van der Waals surface area contributed by atoms with Gasteiger partial charge in [-0.3, -0.25) is 19.6 Å². The predicted molar refractivity (Wildman–Crippen MR) is 201 cm³/mol. The molecule has 10 nitrogen and oxygen atoms in total. The zero-order valence-electron chi connectivity index (χ0n) is 30.6. The van der Waals surface area contributed by atoms with Crippen LogP contribution in [-0.2, 0) is 9.53 Å². The molecular weight excluding hydrogens is 695 g/mol. The third-order valence-corrected chi connectivity index (χ3v) is 11.8. The molecule has 0 radical (unpaired) electrons. The summed E-state index contributed by atoms with van der Waals surface area (Å²) in [7, 11) is 3.59. The molecule has 282 valence electrons. The van der Waals surface area contributed by atoms with Crippen LogP contribution in [0.1, 0.15) is 37.7 Å². The van der Waals surface area contributed by atoms with Crippen LogP contribution in [0.5, 0.6) is 6.01 Å². The lowest BCUT2D eigenvalue weighted by molar-refractivity contribution is -0.125. The van der Waals surface area contributed by atoms with Gasteiger partial charge < -0.3 is 19.3 Å². The van der Waals surface area contributed by atoms with Crippen molar-refractivity contribution in [2.24, 2.45) is 0 Å². The van der Waals surface area contributed by atoms with Gasteiger partial charge in [0.05, 0.1) is 22.6 Å². The molecule has 4 aliphatic heterocycles. The highest BCUT2D eigenvalue weighted by molar-refractivity contribution is 6.02. The number of hydrogen-bond acceptors (Lipinski definition) is 9. The Morgan fingerprint density at radius 2 is 2.00 bits per heavy atom. The van der Waals surface area contributed by atoms with Crippen molar-refractivity contribution in [1.82, 2.24) is 29.7 Å². The predicted octanol–water partition coefficient (Wildman–Crippen LogP) is 5.37. The Morgan fingerprint density at radius 1 is 1.13 bits per heavy atom. The molecule has 0 unspecified atom stereocenters. The van der Waals surface area contributed by atoms with Crippen LogP contribution in [0, 0.1) is 24.0 Å². The summed E-state index contributed by atoms with van der Waals surface area (Å²) < 4.78 is 58.2. The maximum atomic E-state index is 17.0. The molecule has 2 aromatic heterocycles. The van der Waals surface area contributed by atoms with Gasteiger partial charge >= 0.3 is 6.01 Å². The molecule has 0 N–H and O–H groups in total. The Balaban J connectivity index is 1.11. The van der Waals surface area contributed by atoms with Crippen molar-refractivity contribution in [3.8, 4) is 29.6 Å². The molecule has 4 aromatic rings. The van der Waals surface area contributed by atoms with Crippen molar-refractivity contribution in [2.45, 2.75) is 56.0 Å². The number of ether oxygens (including phenoxy) is 2. The topological polar surface area (TPSA) is 87.2 Å². The van der Waals surface area contributed by atoms with E-state index in [1.165, 1.54) is 12.3 Å². The minimum atomic E-state index is -0.941. The molecule has 4 atom stereocenters. The van der Waals surface area contributed by atoms with E-state index >= 15 is 4.39 Å². The number of aromatic nitrogens is 3. The van der Waals surface area contributed by atoms with E-state index in [0.29, 0.717) is 66.6 Å². The number of pyridine rings is 1. The van der Waals surface area contributed by atoms with Gasteiger partial charge in [-0.2, -0.15) is 9.97 Å². The minimum absolute atomic E-state index is 0.0191. The lowest BCUT2D eigenvalue weighted by Gasteiger charge is -2.31. The molecule has 6 heterocycles. The van der Waals surface area contributed by atoms with Gasteiger partial charge in [0.15, 0.2) is 5.82 Å². The number of rotatable bonds is 10. The van der Waals surface area contributed by atoms with Crippen molar-refractivity contribution < 1.29 is 27.4 Å². The lowest BCUT2D eigenvalue weighted by Crippen LogP contribution is -2.43. The Morgan fingerprint density at radius 3 is 2.81 bits per heavy atom. The molecule has 4 saturated heterocycles. The summed E-state index contributed by atoms with van der Waals surface area (Å²) in [6, 6.07) is 7.91. The molecule has 13 heteroatoms. The third-order valence-electron chi connectivity index (χ3n) is 11.8. The van der Waals surface area contributed by atoms with Crippen molar-refractivity contribution in [3.63, 3.8) is 0 Å². The van der Waals surface area contributed by atoms with Crippen molar-refractivity contribution >= 4 is 33.4 Å². The normalized spacial score (nSPS) is 24.6. The first-order chi connectivity index (χ1) is 26.2. The van der Waals surface area contributed by atoms with E-state index < -0.39 is 23.3 Å². The second-order valence-corrected chi connectivity index (χ2v) is 15.0. The number of nitrogens with zero attached hydrogens (tertiary/aromatic N) is 7. The largest absolute Gasteiger partial charge is 0.461 e. The molecule has 4 aliphatic rings. The quantitative estimate of drug-likeness (QED) is 0.157. The molecule has 0 saturated carbocycles.